The lowest BCUT2D eigenvalue weighted by Crippen LogP contribution is -2.14. The van der Waals surface area contributed by atoms with E-state index in [-0.39, 0.29) is 17.8 Å². The number of aryl methyl sites for hydroxylation is 3. The number of hydrogen-bond acceptors (Lipinski definition) is 15. The Morgan fingerprint density at radius 3 is 1.48 bits per heavy atom. The van der Waals surface area contributed by atoms with Crippen molar-refractivity contribution in [1.82, 2.24) is 44.9 Å². The molecule has 0 aliphatic rings. The summed E-state index contributed by atoms with van der Waals surface area (Å²) in [6, 6.07) is 0. The number of nitrogen functional groups attached to an aromatic ring is 3. The van der Waals surface area contributed by atoms with E-state index in [1.54, 1.807) is 7.05 Å². The van der Waals surface area contributed by atoms with Crippen LogP contribution < -0.4 is 33.2 Å². The number of nitrogens with zero attached hydrogens (tertiary/aromatic N) is 9. The van der Waals surface area contributed by atoms with Gasteiger partial charge in [0.15, 0.2) is 0 Å². The van der Waals surface area contributed by atoms with Crippen LogP contribution in [0.15, 0.2) is 0 Å². The van der Waals surface area contributed by atoms with Gasteiger partial charge >= 0.3 is 0 Å². The van der Waals surface area contributed by atoms with Crippen LogP contribution in [0.5, 0.6) is 0 Å². The first kappa shape index (κ1) is 23.5. The summed E-state index contributed by atoms with van der Waals surface area (Å²) in [5.41, 5.74) is 17.2. The molecule has 0 aromatic carbocycles. The second-order valence-electron chi connectivity index (χ2n) is 6.96. The second kappa shape index (κ2) is 11.4. The fraction of sp³-hybridized carbons (Fsp3) is 0.500. The molecule has 0 unspecified atom stereocenters. The maximum Gasteiger partial charge on any atom is 0.227 e. The third-order valence-electron chi connectivity index (χ3n) is 4.36. The van der Waals surface area contributed by atoms with Crippen molar-refractivity contribution in [2.45, 2.75) is 39.0 Å². The third-order valence-corrected chi connectivity index (χ3v) is 4.36. The van der Waals surface area contributed by atoms with Crippen molar-refractivity contribution in [3.05, 3.63) is 17.5 Å². The van der Waals surface area contributed by atoms with Crippen molar-refractivity contribution >= 4 is 35.7 Å². The molecule has 3 rings (SSSR count). The van der Waals surface area contributed by atoms with E-state index < -0.39 is 0 Å². The average molecular weight is 456 g/mol. The van der Waals surface area contributed by atoms with E-state index in [2.05, 4.69) is 60.8 Å². The molecule has 0 saturated heterocycles. The lowest BCUT2D eigenvalue weighted by Gasteiger charge is -2.08. The lowest BCUT2D eigenvalue weighted by atomic mass is 10.3. The molecule has 9 N–H and O–H groups in total. The first-order valence-corrected chi connectivity index (χ1v) is 10.6. The molecule has 0 fully saturated rings. The zero-order valence-corrected chi connectivity index (χ0v) is 18.7. The van der Waals surface area contributed by atoms with E-state index >= 15 is 0 Å². The van der Waals surface area contributed by atoms with Crippen LogP contribution in [0, 0.1) is 0 Å². The summed E-state index contributed by atoms with van der Waals surface area (Å²) in [6.45, 7) is 3.17. The number of nitrogens with two attached hydrogens (primary N) is 3. The van der Waals surface area contributed by atoms with Gasteiger partial charge in [0.1, 0.15) is 17.5 Å². The molecule has 0 aliphatic heterocycles. The third kappa shape index (κ3) is 7.48. The molecule has 3 aromatic rings. The number of hydrogen-bond donors (Lipinski definition) is 6. The van der Waals surface area contributed by atoms with Gasteiger partial charge in [0, 0.05) is 39.4 Å². The minimum absolute atomic E-state index is 0.164. The monoisotopic (exact) mass is 455 g/mol. The standard InChI is InChI=1S/C18H29N15/c1-3-10-25-13(19)32-17(28-10)23-8-5-7-12-27-15(21)33-18(30-12)24-9-4-6-11-26-14(20)31-16(22-2)29-11/h3-9H2,1-2H3,(H3,19,23,25,28,32)(H3,20,22,26,29,31)(H3,21,24,27,30,33). The number of anilines is 6. The summed E-state index contributed by atoms with van der Waals surface area (Å²) in [7, 11) is 1.73. The quantitative estimate of drug-likeness (QED) is 0.192. The number of rotatable bonds is 12. The van der Waals surface area contributed by atoms with Crippen LogP contribution in [0.1, 0.15) is 37.2 Å². The van der Waals surface area contributed by atoms with E-state index in [9.17, 15) is 0 Å². The van der Waals surface area contributed by atoms with E-state index in [4.69, 9.17) is 17.2 Å². The van der Waals surface area contributed by atoms with Crippen LogP contribution >= 0.6 is 0 Å². The first-order chi connectivity index (χ1) is 15.9. The molecule has 176 valence electrons. The second-order valence-corrected chi connectivity index (χ2v) is 6.96. The average Bonchev–Trinajstić information content (AvgIpc) is 2.78. The Morgan fingerprint density at radius 1 is 0.576 bits per heavy atom. The molecular formula is C18H29N15. The van der Waals surface area contributed by atoms with Crippen molar-refractivity contribution in [3.8, 4) is 0 Å². The van der Waals surface area contributed by atoms with Crippen LogP contribution in [-0.2, 0) is 19.3 Å². The summed E-state index contributed by atoms with van der Waals surface area (Å²) >= 11 is 0. The fourth-order valence-corrected chi connectivity index (χ4v) is 2.86. The van der Waals surface area contributed by atoms with Gasteiger partial charge in [0.2, 0.25) is 35.7 Å². The van der Waals surface area contributed by atoms with Crippen LogP contribution in [0.25, 0.3) is 0 Å². The van der Waals surface area contributed by atoms with Crippen LogP contribution in [0.2, 0.25) is 0 Å². The molecule has 15 nitrogen and oxygen atoms in total. The van der Waals surface area contributed by atoms with Gasteiger partial charge in [-0.3, -0.25) is 0 Å². The highest BCUT2D eigenvalue weighted by atomic mass is 15.2. The van der Waals surface area contributed by atoms with Crippen molar-refractivity contribution in [2.24, 2.45) is 0 Å². The van der Waals surface area contributed by atoms with E-state index in [0.29, 0.717) is 67.7 Å². The van der Waals surface area contributed by atoms with Crippen molar-refractivity contribution in [1.29, 1.82) is 0 Å². The Balaban J connectivity index is 1.45. The zero-order valence-electron chi connectivity index (χ0n) is 18.7. The maximum absolute atomic E-state index is 5.84. The minimum atomic E-state index is 0.164. The molecule has 0 saturated carbocycles. The Kier molecular flexibility index (Phi) is 8.15. The zero-order chi connectivity index (χ0) is 23.6. The normalized spacial score (nSPS) is 10.7. The summed E-state index contributed by atoms with van der Waals surface area (Å²) in [4.78, 5) is 37.6. The molecule has 33 heavy (non-hydrogen) atoms. The van der Waals surface area contributed by atoms with Crippen molar-refractivity contribution < 1.29 is 0 Å². The topological polar surface area (TPSA) is 230 Å². The Hall–Kier alpha value is -4.17. The Morgan fingerprint density at radius 2 is 1.00 bits per heavy atom. The smallest absolute Gasteiger partial charge is 0.227 e. The SMILES string of the molecule is CCc1nc(N)nc(NCCCc2nc(N)nc(NCCCc3nc(N)nc(NC)n3)n2)n1. The van der Waals surface area contributed by atoms with E-state index in [1.807, 2.05) is 6.92 Å². The largest absolute Gasteiger partial charge is 0.368 e. The van der Waals surface area contributed by atoms with Gasteiger partial charge in [-0.15, -0.1) is 0 Å². The van der Waals surface area contributed by atoms with Gasteiger partial charge in [-0.05, 0) is 12.8 Å². The van der Waals surface area contributed by atoms with Crippen molar-refractivity contribution in [2.75, 3.05) is 53.3 Å². The van der Waals surface area contributed by atoms with Crippen LogP contribution in [0.4, 0.5) is 35.7 Å². The van der Waals surface area contributed by atoms with Gasteiger partial charge in [-0.2, -0.15) is 44.9 Å². The van der Waals surface area contributed by atoms with Crippen molar-refractivity contribution in [3.63, 3.8) is 0 Å². The van der Waals surface area contributed by atoms with Gasteiger partial charge in [0.25, 0.3) is 0 Å². The van der Waals surface area contributed by atoms with Gasteiger partial charge in [-0.25, -0.2) is 0 Å². The highest BCUT2D eigenvalue weighted by Crippen LogP contribution is 2.08. The molecule has 3 heterocycles. The molecular weight excluding hydrogens is 426 g/mol. The molecule has 0 spiro atoms. The molecule has 0 bridgehead atoms. The van der Waals surface area contributed by atoms with E-state index in [0.717, 1.165) is 12.8 Å². The highest BCUT2D eigenvalue weighted by molar-refractivity contribution is 5.33. The van der Waals surface area contributed by atoms with Gasteiger partial charge in [-0.1, -0.05) is 6.92 Å². The summed E-state index contributed by atoms with van der Waals surface area (Å²) in [5, 5.41) is 9.15. The van der Waals surface area contributed by atoms with Crippen LogP contribution in [0.3, 0.4) is 0 Å². The molecule has 0 aliphatic carbocycles. The molecule has 0 atom stereocenters. The summed E-state index contributed by atoms with van der Waals surface area (Å²) < 4.78 is 0. The summed E-state index contributed by atoms with van der Waals surface area (Å²) in [6.07, 6.45) is 3.39. The molecule has 0 amide bonds. The molecule has 3 aromatic heterocycles. The van der Waals surface area contributed by atoms with Gasteiger partial charge < -0.3 is 33.2 Å². The van der Waals surface area contributed by atoms with Crippen LogP contribution in [-0.4, -0.2) is 65.0 Å². The molecule has 15 heteroatoms. The lowest BCUT2D eigenvalue weighted by molar-refractivity contribution is 0.770. The highest BCUT2D eigenvalue weighted by Gasteiger charge is 2.07. The predicted molar refractivity (Wildman–Crippen MR) is 125 cm³/mol. The summed E-state index contributed by atoms with van der Waals surface area (Å²) in [5.74, 6) is 3.73. The predicted octanol–water partition coefficient (Wildman–Crippen LogP) is -0.318. The number of aromatic nitrogens is 9. The van der Waals surface area contributed by atoms with Gasteiger partial charge in [0.05, 0.1) is 0 Å². The number of nitrogens with one attached hydrogen (secondary N) is 3. The minimum Gasteiger partial charge on any atom is -0.368 e. The fourth-order valence-electron chi connectivity index (χ4n) is 2.86. The molecule has 0 radical (unpaired) electrons. The first-order valence-electron chi connectivity index (χ1n) is 10.6. The van der Waals surface area contributed by atoms with E-state index in [1.165, 1.54) is 0 Å². The maximum atomic E-state index is 5.84. The Bertz CT molecular complexity index is 977. The Labute approximate surface area is 190 Å².